The van der Waals surface area contributed by atoms with Gasteiger partial charge in [-0.1, -0.05) is 127 Å². The quantitative estimate of drug-likeness (QED) is 0.188. The maximum Gasteiger partial charge on any atom is 0.136 e. The standard InChI is InChI=1S/C45H36N4O/c1-5-15-30(16-6-1)34-26-38(31-17-7-2-8-18-31)47-39(27-34)35-25-37(43-36-23-13-14-24-41(36)50-42(43)28-35)40-29-46-44(32-19-9-3-10-20-32)49-45(48-40)33-21-11-4-12-22-33/h1-5,7-15,17-28,40,45,48H,6,16,29H2,(H,46,49). The summed E-state index contributed by atoms with van der Waals surface area (Å²) in [5.74, 6) is 0.871. The SMILES string of the molecule is C1=CCCC(c2cc(-c3ccccc3)nc(-c3cc(C4CN=C(c5ccccc5)NC(c5ccccc5)N4)c4c(c3)oc3ccccc34)c2)=C1. The van der Waals surface area contributed by atoms with E-state index in [1.165, 1.54) is 11.1 Å². The average Bonchev–Trinajstić information content (AvgIpc) is 3.42. The first-order valence-electron chi connectivity index (χ1n) is 17.3. The molecule has 5 aromatic carbocycles. The summed E-state index contributed by atoms with van der Waals surface area (Å²) in [5.41, 5.74) is 11.5. The van der Waals surface area contributed by atoms with Gasteiger partial charge < -0.3 is 9.73 Å². The fourth-order valence-electron chi connectivity index (χ4n) is 7.22. The third kappa shape index (κ3) is 5.82. The van der Waals surface area contributed by atoms with Crippen molar-refractivity contribution in [3.63, 3.8) is 0 Å². The van der Waals surface area contributed by atoms with Gasteiger partial charge in [0, 0.05) is 27.5 Å². The Morgan fingerprint density at radius 1 is 0.640 bits per heavy atom. The van der Waals surface area contributed by atoms with Crippen LogP contribution in [0.25, 0.3) is 50.0 Å². The Bertz CT molecular complexity index is 2410. The summed E-state index contributed by atoms with van der Waals surface area (Å²) in [6.45, 7) is 0.542. The van der Waals surface area contributed by atoms with E-state index in [1.54, 1.807) is 0 Å². The summed E-state index contributed by atoms with van der Waals surface area (Å²) >= 11 is 0. The number of para-hydroxylation sites is 1. The maximum atomic E-state index is 6.61. The van der Waals surface area contributed by atoms with E-state index in [2.05, 4.69) is 150 Å². The number of allylic oxidation sites excluding steroid dienone is 4. The molecule has 5 heteroatoms. The predicted octanol–water partition coefficient (Wildman–Crippen LogP) is 10.4. The van der Waals surface area contributed by atoms with Crippen molar-refractivity contribution in [2.45, 2.75) is 25.0 Å². The molecule has 3 heterocycles. The molecule has 2 aliphatic rings. The largest absolute Gasteiger partial charge is 0.456 e. The van der Waals surface area contributed by atoms with Crippen LogP contribution in [0.4, 0.5) is 0 Å². The van der Waals surface area contributed by atoms with Crippen molar-refractivity contribution in [1.82, 2.24) is 15.6 Å². The molecule has 1 aliphatic carbocycles. The van der Waals surface area contributed by atoms with Gasteiger partial charge in [0.25, 0.3) is 0 Å². The molecule has 2 N–H and O–H groups in total. The van der Waals surface area contributed by atoms with Crippen molar-refractivity contribution >= 4 is 33.3 Å². The number of pyridine rings is 1. The molecule has 0 amide bonds. The molecule has 0 saturated heterocycles. The van der Waals surface area contributed by atoms with Crippen molar-refractivity contribution in [2.75, 3.05) is 6.54 Å². The van der Waals surface area contributed by atoms with Crippen LogP contribution in [0.5, 0.6) is 0 Å². The molecular weight excluding hydrogens is 613 g/mol. The Kier molecular flexibility index (Phi) is 7.88. The lowest BCUT2D eigenvalue weighted by molar-refractivity contribution is 0.446. The smallest absolute Gasteiger partial charge is 0.136 e. The highest BCUT2D eigenvalue weighted by molar-refractivity contribution is 6.08. The number of aliphatic imine (C=N–C) groups is 1. The summed E-state index contributed by atoms with van der Waals surface area (Å²) in [4.78, 5) is 10.5. The van der Waals surface area contributed by atoms with E-state index in [9.17, 15) is 0 Å². The number of benzene rings is 5. The minimum absolute atomic E-state index is 0.125. The fourth-order valence-corrected chi connectivity index (χ4v) is 7.22. The van der Waals surface area contributed by atoms with Crippen molar-refractivity contribution in [2.24, 2.45) is 4.99 Å². The summed E-state index contributed by atoms with van der Waals surface area (Å²) < 4.78 is 6.61. The minimum atomic E-state index is -0.169. The van der Waals surface area contributed by atoms with Gasteiger partial charge in [-0.15, -0.1) is 0 Å². The zero-order valence-corrected chi connectivity index (χ0v) is 27.6. The lowest BCUT2D eigenvalue weighted by atomic mass is 9.92. The zero-order chi connectivity index (χ0) is 33.3. The van der Waals surface area contributed by atoms with Crippen LogP contribution < -0.4 is 10.6 Å². The Hall–Kier alpha value is -6.04. The number of nitrogens with zero attached hydrogens (tertiary/aromatic N) is 2. The van der Waals surface area contributed by atoms with Gasteiger partial charge >= 0.3 is 0 Å². The number of aromatic nitrogens is 1. The van der Waals surface area contributed by atoms with Crippen LogP contribution >= 0.6 is 0 Å². The highest BCUT2D eigenvalue weighted by Gasteiger charge is 2.27. The van der Waals surface area contributed by atoms with E-state index < -0.39 is 0 Å². The number of hydrogen-bond acceptors (Lipinski definition) is 5. The molecule has 2 atom stereocenters. The molecular formula is C45H36N4O. The van der Waals surface area contributed by atoms with Gasteiger partial charge in [-0.25, -0.2) is 4.98 Å². The van der Waals surface area contributed by atoms with Crippen LogP contribution in [0, 0.1) is 0 Å². The maximum absolute atomic E-state index is 6.61. The van der Waals surface area contributed by atoms with Gasteiger partial charge in [0.2, 0.25) is 0 Å². The highest BCUT2D eigenvalue weighted by atomic mass is 16.3. The monoisotopic (exact) mass is 648 g/mol. The van der Waals surface area contributed by atoms with Crippen LogP contribution in [0.15, 0.2) is 167 Å². The van der Waals surface area contributed by atoms with E-state index >= 15 is 0 Å². The number of amidine groups is 1. The highest BCUT2D eigenvalue weighted by Crippen LogP contribution is 2.40. The third-order valence-corrected chi connectivity index (χ3v) is 9.72. The van der Waals surface area contributed by atoms with E-state index in [1.807, 2.05) is 18.2 Å². The molecule has 0 radical (unpaired) electrons. The second-order valence-corrected chi connectivity index (χ2v) is 13.0. The van der Waals surface area contributed by atoms with Crippen LogP contribution in [0.3, 0.4) is 0 Å². The van der Waals surface area contributed by atoms with E-state index in [-0.39, 0.29) is 12.2 Å². The number of fused-ring (bicyclic) bond motifs is 3. The number of furan rings is 1. The minimum Gasteiger partial charge on any atom is -0.456 e. The van der Waals surface area contributed by atoms with Crippen molar-refractivity contribution < 1.29 is 4.42 Å². The molecule has 7 aromatic rings. The van der Waals surface area contributed by atoms with E-state index in [0.29, 0.717) is 6.54 Å². The van der Waals surface area contributed by atoms with Gasteiger partial charge in [0.1, 0.15) is 23.2 Å². The second kappa shape index (κ2) is 13.1. The number of rotatable bonds is 6. The van der Waals surface area contributed by atoms with Crippen LogP contribution in [-0.2, 0) is 0 Å². The first kappa shape index (κ1) is 30.1. The molecule has 0 saturated carbocycles. The Morgan fingerprint density at radius 3 is 2.10 bits per heavy atom. The topological polar surface area (TPSA) is 62.5 Å². The van der Waals surface area contributed by atoms with Crippen molar-refractivity contribution in [3.8, 4) is 22.5 Å². The number of nitrogens with one attached hydrogen (secondary N) is 2. The van der Waals surface area contributed by atoms with Crippen LogP contribution in [-0.4, -0.2) is 17.4 Å². The lowest BCUT2D eigenvalue weighted by Gasteiger charge is -2.25. The van der Waals surface area contributed by atoms with Crippen molar-refractivity contribution in [3.05, 3.63) is 180 Å². The van der Waals surface area contributed by atoms with Crippen LogP contribution in [0.2, 0.25) is 0 Å². The molecule has 0 spiro atoms. The Labute approximate surface area is 291 Å². The molecule has 242 valence electrons. The molecule has 50 heavy (non-hydrogen) atoms. The Balaban J connectivity index is 1.24. The molecule has 5 nitrogen and oxygen atoms in total. The molecule has 9 rings (SSSR count). The van der Waals surface area contributed by atoms with Gasteiger partial charge in [-0.05, 0) is 65.4 Å². The van der Waals surface area contributed by atoms with Gasteiger partial charge in [0.05, 0.1) is 24.0 Å². The lowest BCUT2D eigenvalue weighted by Crippen LogP contribution is -2.38. The van der Waals surface area contributed by atoms with Gasteiger partial charge in [-0.2, -0.15) is 0 Å². The number of hydrogen-bond donors (Lipinski definition) is 2. The molecule has 2 aromatic heterocycles. The zero-order valence-electron chi connectivity index (χ0n) is 27.6. The van der Waals surface area contributed by atoms with Crippen LogP contribution in [0.1, 0.15) is 47.3 Å². The average molecular weight is 649 g/mol. The first-order valence-corrected chi connectivity index (χ1v) is 17.3. The predicted molar refractivity (Wildman–Crippen MR) is 205 cm³/mol. The normalized spacial score (nSPS) is 17.6. The van der Waals surface area contributed by atoms with Gasteiger partial charge in [-0.3, -0.25) is 10.3 Å². The molecule has 1 aliphatic heterocycles. The second-order valence-electron chi connectivity index (χ2n) is 13.0. The molecule has 2 unspecified atom stereocenters. The van der Waals surface area contributed by atoms with E-state index in [0.717, 1.165) is 79.8 Å². The summed E-state index contributed by atoms with van der Waals surface area (Å²) in [5, 5.41) is 9.90. The fraction of sp³-hybridized carbons (Fsp3) is 0.111. The first-order chi connectivity index (χ1) is 24.8. The van der Waals surface area contributed by atoms with Gasteiger partial charge in [0.15, 0.2) is 0 Å². The summed E-state index contributed by atoms with van der Waals surface area (Å²) in [7, 11) is 0. The van der Waals surface area contributed by atoms with Crippen molar-refractivity contribution in [1.29, 1.82) is 0 Å². The molecule has 0 bridgehead atoms. The summed E-state index contributed by atoms with van der Waals surface area (Å²) in [6, 6.07) is 48.5. The summed E-state index contributed by atoms with van der Waals surface area (Å²) in [6.07, 6.45) is 8.50. The van der Waals surface area contributed by atoms with E-state index in [4.69, 9.17) is 14.4 Å². The third-order valence-electron chi connectivity index (χ3n) is 9.72. The molecule has 0 fully saturated rings. The Morgan fingerprint density at radius 2 is 1.34 bits per heavy atom.